The molecular formula is C20H19N5O3. The zero-order valence-corrected chi connectivity index (χ0v) is 15.1. The maximum Gasteiger partial charge on any atom is 0.338 e. The Morgan fingerprint density at radius 2 is 2.18 bits per heavy atom. The molecule has 3 aromatic rings. The second-order valence-corrected chi connectivity index (χ2v) is 7.56. The van der Waals surface area contributed by atoms with Crippen molar-refractivity contribution in [3.8, 4) is 0 Å². The molecule has 28 heavy (non-hydrogen) atoms. The van der Waals surface area contributed by atoms with E-state index < -0.39 is 5.97 Å². The molecule has 0 bridgehead atoms. The van der Waals surface area contributed by atoms with Crippen LogP contribution in [-0.4, -0.2) is 36.6 Å². The van der Waals surface area contributed by atoms with Crippen LogP contribution in [0.25, 0.3) is 5.78 Å². The zero-order chi connectivity index (χ0) is 19.3. The maximum atomic E-state index is 12.8. The van der Waals surface area contributed by atoms with Gasteiger partial charge in [0.05, 0.1) is 12.1 Å². The number of carboxylic acid groups (broad SMARTS) is 1. The number of rotatable bonds is 4. The molecule has 2 N–H and O–H groups in total. The number of carbonyl (C=O) groups excluding carboxylic acids is 1. The third-order valence-electron chi connectivity index (χ3n) is 5.92. The Morgan fingerprint density at radius 3 is 3.04 bits per heavy atom. The Morgan fingerprint density at radius 1 is 1.32 bits per heavy atom. The van der Waals surface area contributed by atoms with Crippen molar-refractivity contribution in [2.45, 2.75) is 37.6 Å². The summed E-state index contributed by atoms with van der Waals surface area (Å²) >= 11 is 0. The van der Waals surface area contributed by atoms with Crippen LogP contribution in [-0.2, 0) is 23.2 Å². The number of carbonyl (C=O) groups is 2. The normalized spacial score (nSPS) is 22.8. The van der Waals surface area contributed by atoms with Crippen LogP contribution in [0.5, 0.6) is 0 Å². The Kier molecular flexibility index (Phi) is 3.68. The fraction of sp³-hybridized carbons (Fsp3) is 0.350. The average molecular weight is 377 g/mol. The lowest BCUT2D eigenvalue weighted by Crippen LogP contribution is -2.30. The second kappa shape index (κ2) is 6.12. The third kappa shape index (κ3) is 2.64. The highest BCUT2D eigenvalue weighted by Crippen LogP contribution is 2.60. The van der Waals surface area contributed by atoms with Crippen LogP contribution < -0.4 is 5.32 Å². The van der Waals surface area contributed by atoms with Gasteiger partial charge >= 0.3 is 5.97 Å². The molecule has 2 heterocycles. The van der Waals surface area contributed by atoms with E-state index in [2.05, 4.69) is 44.6 Å². The average Bonchev–Trinajstić information content (AvgIpc) is 3.26. The van der Waals surface area contributed by atoms with E-state index in [1.165, 1.54) is 28.0 Å². The summed E-state index contributed by atoms with van der Waals surface area (Å²) in [6.07, 6.45) is 6.74. The number of aromatic nitrogens is 4. The van der Waals surface area contributed by atoms with Gasteiger partial charge in [0.1, 0.15) is 0 Å². The van der Waals surface area contributed by atoms with E-state index >= 15 is 0 Å². The lowest BCUT2D eigenvalue weighted by Gasteiger charge is -2.26. The highest BCUT2D eigenvalue weighted by molar-refractivity contribution is 5.87. The fourth-order valence-electron chi connectivity index (χ4n) is 4.48. The molecule has 1 saturated carbocycles. The molecule has 1 aromatic carbocycles. The molecule has 142 valence electrons. The van der Waals surface area contributed by atoms with Crippen LogP contribution in [0.15, 0.2) is 36.7 Å². The third-order valence-corrected chi connectivity index (χ3v) is 5.92. The van der Waals surface area contributed by atoms with Crippen LogP contribution in [0.2, 0.25) is 0 Å². The zero-order valence-electron chi connectivity index (χ0n) is 15.1. The molecule has 2 atom stereocenters. The van der Waals surface area contributed by atoms with Gasteiger partial charge in [0.2, 0.25) is 5.91 Å². The van der Waals surface area contributed by atoms with Gasteiger partial charge in [-0.2, -0.15) is 4.98 Å². The van der Waals surface area contributed by atoms with Crippen LogP contribution >= 0.6 is 0 Å². The molecule has 0 unspecified atom stereocenters. The Labute approximate surface area is 160 Å². The number of aromatic carboxylic acids is 1. The van der Waals surface area contributed by atoms with E-state index in [1.54, 1.807) is 0 Å². The molecule has 0 aliphatic heterocycles. The van der Waals surface area contributed by atoms with Gasteiger partial charge in [0.15, 0.2) is 5.82 Å². The van der Waals surface area contributed by atoms with E-state index in [0.29, 0.717) is 11.6 Å². The Bertz CT molecular complexity index is 1110. The fourth-order valence-corrected chi connectivity index (χ4v) is 4.48. The summed E-state index contributed by atoms with van der Waals surface area (Å²) in [6, 6.07) is 8.45. The van der Waals surface area contributed by atoms with E-state index in [4.69, 9.17) is 5.11 Å². The highest BCUT2D eigenvalue weighted by Gasteiger charge is 2.59. The largest absolute Gasteiger partial charge is 0.478 e. The molecule has 2 aliphatic rings. The number of nitrogens with zero attached hydrogens (tertiary/aromatic N) is 4. The van der Waals surface area contributed by atoms with Gasteiger partial charge < -0.3 is 10.4 Å². The first-order valence-electron chi connectivity index (χ1n) is 9.37. The second-order valence-electron chi connectivity index (χ2n) is 7.56. The number of hydrogen-bond donors (Lipinski definition) is 2. The van der Waals surface area contributed by atoms with Crippen LogP contribution in [0.4, 0.5) is 0 Å². The molecule has 1 spiro atoms. The molecule has 2 aliphatic carbocycles. The van der Waals surface area contributed by atoms with Crippen LogP contribution in [0.1, 0.15) is 46.6 Å². The smallest absolute Gasteiger partial charge is 0.338 e. The van der Waals surface area contributed by atoms with E-state index in [0.717, 1.165) is 25.7 Å². The number of fused-ring (bicyclic) bond motifs is 3. The number of amides is 1. The summed E-state index contributed by atoms with van der Waals surface area (Å²) in [5.41, 5.74) is 2.72. The van der Waals surface area contributed by atoms with Gasteiger partial charge in [-0.1, -0.05) is 24.3 Å². The van der Waals surface area contributed by atoms with Crippen molar-refractivity contribution in [1.29, 1.82) is 0 Å². The SMILES string of the molecule is O=C(O)c1cnc2nc(CNC(=O)[C@@H]3C[C@]34CCCc3ccccc34)nn2c1. The van der Waals surface area contributed by atoms with Crippen molar-refractivity contribution in [2.75, 3.05) is 0 Å². The maximum absolute atomic E-state index is 12.8. The lowest BCUT2D eigenvalue weighted by atomic mass is 9.78. The predicted octanol–water partition coefficient (Wildman–Crippen LogP) is 1.73. The number of hydrogen-bond acceptors (Lipinski definition) is 5. The topological polar surface area (TPSA) is 109 Å². The molecular weight excluding hydrogens is 358 g/mol. The molecule has 8 heteroatoms. The number of nitrogens with one attached hydrogen (secondary N) is 1. The monoisotopic (exact) mass is 377 g/mol. The molecule has 1 fully saturated rings. The molecule has 0 saturated heterocycles. The molecule has 1 amide bonds. The van der Waals surface area contributed by atoms with Gasteiger partial charge in [0, 0.05) is 23.7 Å². The molecule has 8 nitrogen and oxygen atoms in total. The standard InChI is InChI=1S/C20H19N5O3/c26-17(15-8-20(15)7-3-5-12-4-1-2-6-14(12)20)21-10-16-23-19-22-9-13(18(27)28)11-25(19)24-16/h1-2,4,6,9,11,15H,3,5,7-8,10H2,(H,21,26)(H,27,28)/t15-,20-/m0/s1. The van der Waals surface area contributed by atoms with Crippen molar-refractivity contribution >= 4 is 17.7 Å². The van der Waals surface area contributed by atoms with Crippen molar-refractivity contribution in [3.05, 3.63) is 59.2 Å². The number of carboxylic acids is 1. The van der Waals surface area contributed by atoms with E-state index in [1.807, 2.05) is 0 Å². The van der Waals surface area contributed by atoms with Gasteiger partial charge in [-0.15, -0.1) is 5.10 Å². The first-order chi connectivity index (χ1) is 13.6. The first kappa shape index (κ1) is 16.9. The Hall–Kier alpha value is -3.29. The first-order valence-corrected chi connectivity index (χ1v) is 9.37. The van der Waals surface area contributed by atoms with Crippen molar-refractivity contribution in [3.63, 3.8) is 0 Å². The van der Waals surface area contributed by atoms with Crippen molar-refractivity contribution in [1.82, 2.24) is 24.9 Å². The molecule has 2 aromatic heterocycles. The summed E-state index contributed by atoms with van der Waals surface area (Å²) < 4.78 is 1.32. The predicted molar refractivity (Wildman–Crippen MR) is 98.8 cm³/mol. The van der Waals surface area contributed by atoms with Crippen LogP contribution in [0, 0.1) is 5.92 Å². The number of benzene rings is 1. The minimum absolute atomic E-state index is 0.0107. The van der Waals surface area contributed by atoms with Gasteiger partial charge in [0.25, 0.3) is 5.78 Å². The molecule has 5 rings (SSSR count). The van der Waals surface area contributed by atoms with Crippen molar-refractivity contribution < 1.29 is 14.7 Å². The van der Waals surface area contributed by atoms with E-state index in [9.17, 15) is 9.59 Å². The summed E-state index contributed by atoms with van der Waals surface area (Å²) in [4.78, 5) is 32.0. The summed E-state index contributed by atoms with van der Waals surface area (Å²) in [7, 11) is 0. The van der Waals surface area contributed by atoms with Gasteiger partial charge in [-0.25, -0.2) is 14.3 Å². The van der Waals surface area contributed by atoms with Crippen molar-refractivity contribution in [2.24, 2.45) is 5.92 Å². The summed E-state index contributed by atoms with van der Waals surface area (Å²) in [5, 5.41) is 16.2. The van der Waals surface area contributed by atoms with E-state index in [-0.39, 0.29) is 29.3 Å². The minimum atomic E-state index is -1.08. The Balaban J connectivity index is 1.29. The highest BCUT2D eigenvalue weighted by atomic mass is 16.4. The van der Waals surface area contributed by atoms with Crippen LogP contribution in [0.3, 0.4) is 0 Å². The quantitative estimate of drug-likeness (QED) is 0.717. The summed E-state index contributed by atoms with van der Waals surface area (Å²) in [5.74, 6) is -0.357. The summed E-state index contributed by atoms with van der Waals surface area (Å²) in [6.45, 7) is 0.193. The molecule has 0 radical (unpaired) electrons. The number of aryl methyl sites for hydroxylation is 1. The van der Waals surface area contributed by atoms with Gasteiger partial charge in [-0.3, -0.25) is 4.79 Å². The lowest BCUT2D eigenvalue weighted by molar-refractivity contribution is -0.123. The van der Waals surface area contributed by atoms with Gasteiger partial charge in [-0.05, 0) is 36.8 Å². The minimum Gasteiger partial charge on any atom is -0.478 e.